The summed E-state index contributed by atoms with van der Waals surface area (Å²) in [5.41, 5.74) is 3.87. The lowest BCUT2D eigenvalue weighted by molar-refractivity contribution is -0.138. The molecule has 3 aromatic rings. The number of nitrogens with zero attached hydrogens (tertiary/aromatic N) is 1. The molecule has 1 saturated carbocycles. The van der Waals surface area contributed by atoms with E-state index in [4.69, 9.17) is 13.9 Å². The molecule has 1 aromatic carbocycles. The van der Waals surface area contributed by atoms with Crippen molar-refractivity contribution in [2.75, 3.05) is 7.11 Å². The average molecular weight is 393 g/mol. The molecule has 0 aliphatic heterocycles. The van der Waals surface area contributed by atoms with E-state index in [1.165, 1.54) is 30.7 Å². The molecule has 0 radical (unpaired) electrons. The van der Waals surface area contributed by atoms with E-state index >= 15 is 0 Å². The van der Waals surface area contributed by atoms with E-state index in [2.05, 4.69) is 24.5 Å². The Hall–Kier alpha value is -3.28. The number of aryl methyl sites for hydroxylation is 1. The molecule has 1 aliphatic rings. The second-order valence-electron chi connectivity index (χ2n) is 7.32. The SMILES string of the molecule is COc1ccc2c(COC(=O)/C=C/c3cc(C)n(C4CC4)c3C)cc(=O)oc2c1. The van der Waals surface area contributed by atoms with Gasteiger partial charge in [0.05, 0.1) is 7.11 Å². The Kier molecular flexibility index (Phi) is 5.01. The van der Waals surface area contributed by atoms with Crippen molar-refractivity contribution in [3.63, 3.8) is 0 Å². The van der Waals surface area contributed by atoms with Crippen molar-refractivity contribution in [2.24, 2.45) is 0 Å². The molecule has 1 aliphatic carbocycles. The molecule has 2 heterocycles. The van der Waals surface area contributed by atoms with Crippen molar-refractivity contribution in [1.29, 1.82) is 0 Å². The zero-order valence-electron chi connectivity index (χ0n) is 16.7. The number of benzene rings is 1. The van der Waals surface area contributed by atoms with Crippen LogP contribution in [0.2, 0.25) is 0 Å². The van der Waals surface area contributed by atoms with Crippen molar-refractivity contribution in [3.8, 4) is 5.75 Å². The predicted octanol–water partition coefficient (Wildman–Crippen LogP) is 4.31. The van der Waals surface area contributed by atoms with Gasteiger partial charge < -0.3 is 18.5 Å². The zero-order chi connectivity index (χ0) is 20.5. The van der Waals surface area contributed by atoms with Crippen molar-refractivity contribution in [2.45, 2.75) is 39.3 Å². The van der Waals surface area contributed by atoms with Gasteiger partial charge in [-0.15, -0.1) is 0 Å². The third-order valence-corrected chi connectivity index (χ3v) is 5.24. The molecular formula is C23H23NO5. The molecule has 0 unspecified atom stereocenters. The molecule has 6 heteroatoms. The van der Waals surface area contributed by atoms with E-state index in [0.29, 0.717) is 28.3 Å². The maximum atomic E-state index is 12.2. The summed E-state index contributed by atoms with van der Waals surface area (Å²) in [6.45, 7) is 4.14. The molecule has 4 rings (SSSR count). The number of hydrogen-bond donors (Lipinski definition) is 0. The molecule has 0 bridgehead atoms. The topological polar surface area (TPSA) is 70.7 Å². The summed E-state index contributed by atoms with van der Waals surface area (Å²) in [5, 5.41) is 0.704. The normalized spacial score (nSPS) is 13.9. The summed E-state index contributed by atoms with van der Waals surface area (Å²) >= 11 is 0. The first-order valence-corrected chi connectivity index (χ1v) is 9.60. The number of esters is 1. The molecular weight excluding hydrogens is 370 g/mol. The molecule has 0 saturated heterocycles. The Bertz CT molecular complexity index is 1160. The fourth-order valence-corrected chi connectivity index (χ4v) is 3.68. The minimum atomic E-state index is -0.500. The number of hydrogen-bond acceptors (Lipinski definition) is 5. The number of rotatable bonds is 6. The maximum Gasteiger partial charge on any atom is 0.336 e. The number of fused-ring (bicyclic) bond motifs is 1. The van der Waals surface area contributed by atoms with E-state index in [0.717, 1.165) is 11.3 Å². The molecule has 0 atom stereocenters. The first-order valence-electron chi connectivity index (χ1n) is 9.60. The van der Waals surface area contributed by atoms with Gasteiger partial charge in [0.1, 0.15) is 17.9 Å². The number of carbonyl (C=O) groups excluding carboxylic acids is 1. The quantitative estimate of drug-likeness (QED) is 0.355. The third-order valence-electron chi connectivity index (χ3n) is 5.24. The third kappa shape index (κ3) is 3.97. The molecule has 29 heavy (non-hydrogen) atoms. The van der Waals surface area contributed by atoms with Gasteiger partial charge in [0.25, 0.3) is 0 Å². The van der Waals surface area contributed by atoms with Crippen LogP contribution in [0.4, 0.5) is 0 Å². The molecule has 1 fully saturated rings. The van der Waals surface area contributed by atoms with E-state index in [1.54, 1.807) is 31.4 Å². The fraction of sp³-hybridized carbons (Fsp3) is 0.304. The van der Waals surface area contributed by atoms with Crippen LogP contribution >= 0.6 is 0 Å². The van der Waals surface area contributed by atoms with Crippen LogP contribution < -0.4 is 10.4 Å². The second kappa shape index (κ2) is 7.62. The van der Waals surface area contributed by atoms with E-state index < -0.39 is 11.6 Å². The molecule has 0 N–H and O–H groups in total. The first-order chi connectivity index (χ1) is 14.0. The lowest BCUT2D eigenvalue weighted by Gasteiger charge is -2.07. The first kappa shape index (κ1) is 19.1. The highest BCUT2D eigenvalue weighted by atomic mass is 16.5. The Morgan fingerprint density at radius 1 is 1.24 bits per heavy atom. The number of carbonyl (C=O) groups is 1. The van der Waals surface area contributed by atoms with Gasteiger partial charge >= 0.3 is 11.6 Å². The van der Waals surface area contributed by atoms with E-state index in [9.17, 15) is 9.59 Å². The minimum Gasteiger partial charge on any atom is -0.497 e. The highest BCUT2D eigenvalue weighted by molar-refractivity contribution is 5.88. The van der Waals surface area contributed by atoms with Crippen molar-refractivity contribution < 1.29 is 18.7 Å². The Morgan fingerprint density at radius 3 is 2.76 bits per heavy atom. The Morgan fingerprint density at radius 2 is 2.03 bits per heavy atom. The van der Waals surface area contributed by atoms with Gasteiger partial charge in [-0.05, 0) is 56.5 Å². The zero-order valence-corrected chi connectivity index (χ0v) is 16.7. The van der Waals surface area contributed by atoms with Crippen LogP contribution in [0.15, 0.2) is 45.6 Å². The molecule has 150 valence electrons. The average Bonchev–Trinajstić information content (AvgIpc) is 3.49. The summed E-state index contributed by atoms with van der Waals surface area (Å²) < 4.78 is 18.1. The Balaban J connectivity index is 1.48. The molecule has 0 spiro atoms. The summed E-state index contributed by atoms with van der Waals surface area (Å²) in [6.07, 6.45) is 5.64. The van der Waals surface area contributed by atoms with Crippen LogP contribution in [0.1, 0.15) is 41.4 Å². The van der Waals surface area contributed by atoms with Crippen molar-refractivity contribution in [1.82, 2.24) is 4.57 Å². The number of methoxy groups -OCH3 is 1. The summed E-state index contributed by atoms with van der Waals surface area (Å²) in [5.74, 6) is 0.123. The van der Waals surface area contributed by atoms with Crippen LogP contribution in [-0.4, -0.2) is 17.6 Å². The van der Waals surface area contributed by atoms with Crippen molar-refractivity contribution in [3.05, 3.63) is 69.3 Å². The maximum absolute atomic E-state index is 12.2. The predicted molar refractivity (Wildman–Crippen MR) is 110 cm³/mol. The van der Waals surface area contributed by atoms with Crippen LogP contribution in [0.3, 0.4) is 0 Å². The smallest absolute Gasteiger partial charge is 0.336 e. The fourth-order valence-electron chi connectivity index (χ4n) is 3.68. The van der Waals surface area contributed by atoms with E-state index in [1.807, 2.05) is 0 Å². The van der Waals surface area contributed by atoms with E-state index in [-0.39, 0.29) is 6.61 Å². The van der Waals surface area contributed by atoms with Gasteiger partial charge in [0.2, 0.25) is 0 Å². The molecule has 2 aromatic heterocycles. The van der Waals surface area contributed by atoms with Crippen LogP contribution in [0.25, 0.3) is 17.0 Å². The standard InChI is InChI=1S/C23H23NO5/c1-14-10-16(15(2)24(14)18-5-6-18)4-9-22(25)28-13-17-11-23(26)29-21-12-19(27-3)7-8-20(17)21/h4,7-12,18H,5-6,13H2,1-3H3/b9-4+. The van der Waals surface area contributed by atoms with Gasteiger partial charge in [-0.3, -0.25) is 0 Å². The molecule has 6 nitrogen and oxygen atoms in total. The number of ether oxygens (including phenoxy) is 2. The van der Waals surface area contributed by atoms with Gasteiger partial charge in [-0.1, -0.05) is 0 Å². The van der Waals surface area contributed by atoms with Gasteiger partial charge in [0, 0.05) is 46.6 Å². The monoisotopic (exact) mass is 393 g/mol. The lowest BCUT2D eigenvalue weighted by atomic mass is 10.1. The van der Waals surface area contributed by atoms with Gasteiger partial charge in [-0.25, -0.2) is 9.59 Å². The highest BCUT2D eigenvalue weighted by Gasteiger charge is 2.26. The lowest BCUT2D eigenvalue weighted by Crippen LogP contribution is -2.05. The molecule has 0 amide bonds. The summed E-state index contributed by atoms with van der Waals surface area (Å²) in [7, 11) is 1.54. The number of aromatic nitrogens is 1. The van der Waals surface area contributed by atoms with Crippen LogP contribution in [0.5, 0.6) is 5.75 Å². The largest absolute Gasteiger partial charge is 0.497 e. The summed E-state index contributed by atoms with van der Waals surface area (Å²) in [6, 6.07) is 9.21. The summed E-state index contributed by atoms with van der Waals surface area (Å²) in [4.78, 5) is 24.0. The van der Waals surface area contributed by atoms with Crippen LogP contribution in [0, 0.1) is 13.8 Å². The minimum absolute atomic E-state index is 0.0152. The second-order valence-corrected chi connectivity index (χ2v) is 7.32. The highest BCUT2D eigenvalue weighted by Crippen LogP contribution is 2.38. The Labute approximate surface area is 168 Å². The van der Waals surface area contributed by atoms with Gasteiger partial charge in [-0.2, -0.15) is 0 Å². The van der Waals surface area contributed by atoms with Crippen LogP contribution in [-0.2, 0) is 16.1 Å². The van der Waals surface area contributed by atoms with Crippen molar-refractivity contribution >= 4 is 23.0 Å². The van der Waals surface area contributed by atoms with Gasteiger partial charge in [0.15, 0.2) is 0 Å².